The van der Waals surface area contributed by atoms with Gasteiger partial charge in [0.2, 0.25) is 15.9 Å². The van der Waals surface area contributed by atoms with E-state index in [0.717, 1.165) is 5.56 Å². The van der Waals surface area contributed by atoms with Gasteiger partial charge in [0.05, 0.1) is 10.1 Å². The third kappa shape index (κ3) is 5.89. The summed E-state index contributed by atoms with van der Waals surface area (Å²) in [5.41, 5.74) is 1.38. The van der Waals surface area contributed by atoms with Crippen molar-refractivity contribution in [1.29, 1.82) is 0 Å². The number of amides is 1. The van der Waals surface area contributed by atoms with E-state index in [-0.39, 0.29) is 16.8 Å². The molecule has 3 rings (SSSR count). The van der Waals surface area contributed by atoms with Crippen molar-refractivity contribution >= 4 is 45.0 Å². The highest BCUT2D eigenvalue weighted by molar-refractivity contribution is 8.00. The number of halogens is 1. The number of anilines is 1. The fraction of sp³-hybridized carbons (Fsp3) is 0.286. The molecule has 0 spiro atoms. The predicted octanol–water partition coefficient (Wildman–Crippen LogP) is 3.94. The Bertz CT molecular complexity index is 1190. The highest BCUT2D eigenvalue weighted by Crippen LogP contribution is 2.27. The number of thioether (sulfide) groups is 1. The van der Waals surface area contributed by atoms with Gasteiger partial charge in [-0.2, -0.15) is 0 Å². The quantitative estimate of drug-likeness (QED) is 0.460. The van der Waals surface area contributed by atoms with E-state index in [4.69, 9.17) is 11.6 Å². The summed E-state index contributed by atoms with van der Waals surface area (Å²) in [6.45, 7) is 5.27. The maximum Gasteiger partial charge on any atom is 0.240 e. The summed E-state index contributed by atoms with van der Waals surface area (Å²) in [5.74, 6) is 0.436. The maximum absolute atomic E-state index is 12.6. The lowest BCUT2D eigenvalue weighted by molar-refractivity contribution is -0.115. The highest BCUT2D eigenvalue weighted by Gasteiger charge is 2.20. The number of nitrogens with one attached hydrogen (secondary N) is 2. The van der Waals surface area contributed by atoms with Gasteiger partial charge in [-0.15, -0.1) is 10.2 Å². The van der Waals surface area contributed by atoms with Gasteiger partial charge >= 0.3 is 0 Å². The fourth-order valence-corrected chi connectivity index (χ4v) is 5.01. The SMILES string of the molecule is CC(C)NS(=O)(=O)c1ccc(NC(=O)C(C)Sc2nnc(-c3ccc(Cl)cc3)n2C)cc1. The zero-order valence-corrected chi connectivity index (χ0v) is 20.4. The van der Waals surface area contributed by atoms with Crippen LogP contribution in [0.25, 0.3) is 11.4 Å². The Hall–Kier alpha value is -2.40. The zero-order chi connectivity index (χ0) is 23.5. The Morgan fingerprint density at radius 1 is 1.03 bits per heavy atom. The summed E-state index contributed by atoms with van der Waals surface area (Å²) >= 11 is 7.22. The molecular formula is C21H24ClN5O3S2. The number of hydrogen-bond donors (Lipinski definition) is 2. The van der Waals surface area contributed by atoms with Gasteiger partial charge in [-0.3, -0.25) is 4.79 Å². The van der Waals surface area contributed by atoms with Gasteiger partial charge in [-0.25, -0.2) is 13.1 Å². The van der Waals surface area contributed by atoms with Gasteiger partial charge in [0.1, 0.15) is 0 Å². The van der Waals surface area contributed by atoms with Crippen LogP contribution >= 0.6 is 23.4 Å². The Morgan fingerprint density at radius 2 is 1.66 bits per heavy atom. The molecule has 0 saturated carbocycles. The molecule has 1 amide bonds. The molecule has 0 aliphatic rings. The molecule has 170 valence electrons. The minimum absolute atomic E-state index is 0.139. The van der Waals surface area contributed by atoms with Crippen molar-refractivity contribution < 1.29 is 13.2 Å². The fourth-order valence-electron chi connectivity index (χ4n) is 2.82. The van der Waals surface area contributed by atoms with Crippen LogP contribution in [0.15, 0.2) is 58.6 Å². The molecule has 0 radical (unpaired) electrons. The molecule has 3 aromatic rings. The van der Waals surface area contributed by atoms with Crippen molar-refractivity contribution in [2.45, 2.75) is 42.1 Å². The van der Waals surface area contributed by atoms with Crippen LogP contribution < -0.4 is 10.0 Å². The first-order valence-corrected chi connectivity index (χ1v) is 12.6. The topological polar surface area (TPSA) is 106 Å². The number of aromatic nitrogens is 3. The number of nitrogens with zero attached hydrogens (tertiary/aromatic N) is 3. The highest BCUT2D eigenvalue weighted by atomic mass is 35.5. The molecule has 1 heterocycles. The molecule has 0 aliphatic heterocycles. The van der Waals surface area contributed by atoms with E-state index in [0.29, 0.717) is 21.7 Å². The molecule has 0 saturated heterocycles. The molecule has 32 heavy (non-hydrogen) atoms. The van der Waals surface area contributed by atoms with Crippen LogP contribution in [0.2, 0.25) is 5.02 Å². The van der Waals surface area contributed by atoms with Crippen LogP contribution in [0.1, 0.15) is 20.8 Å². The lowest BCUT2D eigenvalue weighted by atomic mass is 10.2. The number of benzene rings is 2. The molecule has 8 nitrogen and oxygen atoms in total. The van der Waals surface area contributed by atoms with Gasteiger partial charge in [0.25, 0.3) is 0 Å². The number of rotatable bonds is 8. The summed E-state index contributed by atoms with van der Waals surface area (Å²) in [6.07, 6.45) is 0. The van der Waals surface area contributed by atoms with Gasteiger partial charge in [-0.05, 0) is 69.3 Å². The third-order valence-corrected chi connectivity index (χ3v) is 7.47. The molecule has 2 N–H and O–H groups in total. The first-order valence-electron chi connectivity index (χ1n) is 9.82. The first-order chi connectivity index (χ1) is 15.1. The van der Waals surface area contributed by atoms with E-state index in [1.807, 2.05) is 23.7 Å². The third-order valence-electron chi connectivity index (χ3n) is 4.41. The van der Waals surface area contributed by atoms with Crippen molar-refractivity contribution in [3.8, 4) is 11.4 Å². The van der Waals surface area contributed by atoms with E-state index in [1.54, 1.807) is 45.0 Å². The molecular weight excluding hydrogens is 470 g/mol. The molecule has 1 atom stereocenters. The molecule has 11 heteroatoms. The molecule has 0 aliphatic carbocycles. The standard InChI is InChI=1S/C21H24ClN5O3S2/c1-13(2)26-32(29,30)18-11-9-17(10-12-18)23-20(28)14(3)31-21-25-24-19(27(21)4)15-5-7-16(22)8-6-15/h5-14,26H,1-4H3,(H,23,28). The minimum atomic E-state index is -3.58. The van der Waals surface area contributed by atoms with Crippen LogP contribution in [0.4, 0.5) is 5.69 Å². The van der Waals surface area contributed by atoms with E-state index in [2.05, 4.69) is 20.2 Å². The van der Waals surface area contributed by atoms with E-state index < -0.39 is 15.3 Å². The number of carbonyl (C=O) groups excluding carboxylic acids is 1. The zero-order valence-electron chi connectivity index (χ0n) is 18.0. The minimum Gasteiger partial charge on any atom is -0.325 e. The monoisotopic (exact) mass is 493 g/mol. The van der Waals surface area contributed by atoms with Gasteiger partial charge in [0.15, 0.2) is 11.0 Å². The lowest BCUT2D eigenvalue weighted by Crippen LogP contribution is -2.30. The molecule has 1 aromatic heterocycles. The Balaban J connectivity index is 1.65. The van der Waals surface area contributed by atoms with E-state index in [9.17, 15) is 13.2 Å². The summed E-state index contributed by atoms with van der Waals surface area (Å²) in [6, 6.07) is 13.1. The number of sulfonamides is 1. The average molecular weight is 494 g/mol. The first kappa shape index (κ1) is 24.2. The van der Waals surface area contributed by atoms with Crippen LogP contribution in [0, 0.1) is 0 Å². The summed E-state index contributed by atoms with van der Waals surface area (Å²) in [7, 11) is -1.75. The second-order valence-corrected chi connectivity index (χ2v) is 10.9. The summed E-state index contributed by atoms with van der Waals surface area (Å²) < 4.78 is 28.8. The summed E-state index contributed by atoms with van der Waals surface area (Å²) in [5, 5.41) is 12.0. The van der Waals surface area contributed by atoms with Crippen LogP contribution in [-0.4, -0.2) is 40.4 Å². The van der Waals surface area contributed by atoms with Crippen molar-refractivity contribution in [3.63, 3.8) is 0 Å². The normalized spacial score (nSPS) is 12.7. The second-order valence-electron chi connectivity index (χ2n) is 7.42. The van der Waals surface area contributed by atoms with E-state index in [1.165, 1.54) is 23.9 Å². The lowest BCUT2D eigenvalue weighted by Gasteiger charge is -2.13. The van der Waals surface area contributed by atoms with E-state index >= 15 is 0 Å². The number of carbonyl (C=O) groups is 1. The largest absolute Gasteiger partial charge is 0.325 e. The maximum atomic E-state index is 12.6. The Kier molecular flexibility index (Phi) is 7.60. The Morgan fingerprint density at radius 3 is 2.25 bits per heavy atom. The van der Waals surface area contributed by atoms with Crippen molar-refractivity contribution in [2.24, 2.45) is 7.05 Å². The van der Waals surface area contributed by atoms with Crippen LogP contribution in [-0.2, 0) is 21.9 Å². The number of hydrogen-bond acceptors (Lipinski definition) is 6. The Labute approximate surface area is 196 Å². The molecule has 0 fully saturated rings. The van der Waals surface area contributed by atoms with Crippen molar-refractivity contribution in [1.82, 2.24) is 19.5 Å². The summed E-state index contributed by atoms with van der Waals surface area (Å²) in [4.78, 5) is 12.8. The molecule has 0 bridgehead atoms. The van der Waals surface area contributed by atoms with Crippen molar-refractivity contribution in [3.05, 3.63) is 53.6 Å². The molecule has 2 aromatic carbocycles. The van der Waals surface area contributed by atoms with Gasteiger partial charge in [0, 0.05) is 29.4 Å². The van der Waals surface area contributed by atoms with Crippen LogP contribution in [0.5, 0.6) is 0 Å². The average Bonchev–Trinajstić information content (AvgIpc) is 3.08. The van der Waals surface area contributed by atoms with Crippen LogP contribution in [0.3, 0.4) is 0 Å². The smallest absolute Gasteiger partial charge is 0.240 e. The van der Waals surface area contributed by atoms with Crippen molar-refractivity contribution in [2.75, 3.05) is 5.32 Å². The predicted molar refractivity (Wildman–Crippen MR) is 127 cm³/mol. The second kappa shape index (κ2) is 10.0. The molecule has 1 unspecified atom stereocenters. The van der Waals surface area contributed by atoms with Gasteiger partial charge in [-0.1, -0.05) is 23.4 Å². The van der Waals surface area contributed by atoms with Gasteiger partial charge < -0.3 is 9.88 Å².